The minimum Gasteiger partial charge on any atom is -0.481 e. The van der Waals surface area contributed by atoms with Gasteiger partial charge in [-0.25, -0.2) is 27.5 Å². The molecule has 2 unspecified atom stereocenters. The zero-order chi connectivity index (χ0) is 25.4. The number of amides is 2. The first-order valence-corrected chi connectivity index (χ1v) is 11.8. The fourth-order valence-corrected chi connectivity index (χ4v) is 3.60. The van der Waals surface area contributed by atoms with E-state index in [1.165, 1.54) is 12.1 Å². The van der Waals surface area contributed by atoms with E-state index in [4.69, 9.17) is 10.2 Å². The van der Waals surface area contributed by atoms with E-state index < -0.39 is 52.5 Å². The molecule has 0 fully saturated rings. The summed E-state index contributed by atoms with van der Waals surface area (Å²) in [5.74, 6) is -4.04. The van der Waals surface area contributed by atoms with Gasteiger partial charge in [-0.1, -0.05) is 32.0 Å². The minimum atomic E-state index is -3.67. The Balaban J connectivity index is 0.00000497. The zero-order valence-corrected chi connectivity index (χ0v) is 19.3. The second-order valence-electron chi connectivity index (χ2n) is 6.54. The number of carbonyl (C=O) groups excluding carboxylic acids is 1. The number of carbonyl (C=O) groups is 4. The molecule has 13 heteroatoms. The summed E-state index contributed by atoms with van der Waals surface area (Å²) >= 11 is 0. The summed E-state index contributed by atoms with van der Waals surface area (Å²) in [6.45, 7) is 4.06. The third-order valence-electron chi connectivity index (χ3n) is 4.12. The Bertz CT molecular complexity index is 876. The number of benzene rings is 1. The highest BCUT2D eigenvalue weighted by molar-refractivity contribution is 7.89. The highest BCUT2D eigenvalue weighted by Crippen LogP contribution is 2.08. The van der Waals surface area contributed by atoms with Crippen LogP contribution in [0.4, 0.5) is 4.79 Å². The molecule has 0 bridgehead atoms. The maximum atomic E-state index is 12.1. The first-order chi connectivity index (χ1) is 15.5. The summed E-state index contributed by atoms with van der Waals surface area (Å²) < 4.78 is 26.6. The van der Waals surface area contributed by atoms with Gasteiger partial charge in [-0.2, -0.15) is 0 Å². The molecule has 6 N–H and O–H groups in total. The van der Waals surface area contributed by atoms with E-state index >= 15 is 0 Å². The van der Waals surface area contributed by atoms with E-state index in [0.717, 1.165) is 0 Å². The lowest BCUT2D eigenvalue weighted by Crippen LogP contribution is -2.51. The van der Waals surface area contributed by atoms with Crippen LogP contribution in [0.25, 0.3) is 0 Å². The van der Waals surface area contributed by atoms with Crippen molar-refractivity contribution >= 4 is 34.0 Å². The average molecular weight is 490 g/mol. The third-order valence-corrected chi connectivity index (χ3v) is 5.60. The highest BCUT2D eigenvalue weighted by atomic mass is 32.2. The van der Waals surface area contributed by atoms with Crippen molar-refractivity contribution in [3.05, 3.63) is 30.3 Å². The Kier molecular flexibility index (Phi) is 14.1. The quantitative estimate of drug-likeness (QED) is 0.208. The Morgan fingerprint density at radius 2 is 1.36 bits per heavy atom. The van der Waals surface area contributed by atoms with Crippen LogP contribution in [-0.2, 0) is 24.4 Å². The van der Waals surface area contributed by atoms with E-state index in [1.54, 1.807) is 18.2 Å². The van der Waals surface area contributed by atoms with Crippen LogP contribution < -0.4 is 15.4 Å². The molecule has 2 amide bonds. The van der Waals surface area contributed by atoms with Crippen LogP contribution in [-0.4, -0.2) is 66.3 Å². The lowest BCUT2D eigenvalue weighted by molar-refractivity contribution is -0.140. The number of urea groups is 1. The van der Waals surface area contributed by atoms with Crippen LogP contribution >= 0.6 is 0 Å². The predicted molar refractivity (Wildman–Crippen MR) is 118 cm³/mol. The molecule has 0 saturated heterocycles. The van der Waals surface area contributed by atoms with Gasteiger partial charge in [0.15, 0.2) is 0 Å². The van der Waals surface area contributed by atoms with E-state index in [1.807, 2.05) is 19.2 Å². The summed E-state index contributed by atoms with van der Waals surface area (Å²) in [5, 5.41) is 31.0. The number of aliphatic carboxylic acids is 3. The molecule has 0 aliphatic heterocycles. The molecule has 0 saturated carbocycles. The number of rotatable bonds is 14. The first kappa shape index (κ1) is 29.8. The van der Waals surface area contributed by atoms with Gasteiger partial charge in [-0.15, -0.1) is 0 Å². The van der Waals surface area contributed by atoms with Crippen LogP contribution in [0.3, 0.4) is 0 Å². The second-order valence-corrected chi connectivity index (χ2v) is 8.31. The van der Waals surface area contributed by atoms with Gasteiger partial charge in [0.1, 0.15) is 12.1 Å². The molecule has 0 aliphatic rings. The normalized spacial score (nSPS) is 12.4. The molecular weight excluding hydrogens is 458 g/mol. The van der Waals surface area contributed by atoms with Crippen LogP contribution in [0, 0.1) is 0 Å². The lowest BCUT2D eigenvalue weighted by atomic mass is 10.1. The van der Waals surface area contributed by atoms with Crippen LogP contribution in [0.5, 0.6) is 0 Å². The lowest BCUT2D eigenvalue weighted by Gasteiger charge is -2.18. The SMILES string of the molecule is CC.O=C(O)CCC(NC(=O)NC(CCCCNS(=O)(=O)c1ccccc1)C(=O)O)C(=O)O. The predicted octanol–water partition coefficient (Wildman–Crippen LogP) is 1.23. The van der Waals surface area contributed by atoms with Gasteiger partial charge in [0.25, 0.3) is 0 Å². The van der Waals surface area contributed by atoms with Gasteiger partial charge in [-0.05, 0) is 37.8 Å². The Morgan fingerprint density at radius 1 is 0.848 bits per heavy atom. The molecular formula is C20H31N3O9S. The summed E-state index contributed by atoms with van der Waals surface area (Å²) in [6, 6.07) is 3.84. The molecule has 33 heavy (non-hydrogen) atoms. The van der Waals surface area contributed by atoms with E-state index in [9.17, 15) is 32.7 Å². The topological polar surface area (TPSA) is 199 Å². The number of carboxylic acid groups (broad SMARTS) is 3. The van der Waals surface area contributed by atoms with Crippen molar-refractivity contribution in [3.63, 3.8) is 0 Å². The second kappa shape index (κ2) is 15.6. The molecule has 0 radical (unpaired) electrons. The monoisotopic (exact) mass is 489 g/mol. The fraction of sp³-hybridized carbons (Fsp3) is 0.500. The summed E-state index contributed by atoms with van der Waals surface area (Å²) in [5.41, 5.74) is 0. The Morgan fingerprint density at radius 3 is 1.85 bits per heavy atom. The zero-order valence-electron chi connectivity index (χ0n) is 18.5. The van der Waals surface area contributed by atoms with Crippen molar-refractivity contribution in [2.24, 2.45) is 0 Å². The van der Waals surface area contributed by atoms with E-state index in [-0.39, 0.29) is 30.7 Å². The van der Waals surface area contributed by atoms with Crippen LogP contribution in [0.15, 0.2) is 35.2 Å². The number of nitrogens with one attached hydrogen (secondary N) is 3. The highest BCUT2D eigenvalue weighted by Gasteiger charge is 2.24. The van der Waals surface area contributed by atoms with E-state index in [0.29, 0.717) is 6.42 Å². The van der Waals surface area contributed by atoms with Gasteiger partial charge in [0.05, 0.1) is 4.90 Å². The minimum absolute atomic E-state index is 0.0251. The molecule has 12 nitrogen and oxygen atoms in total. The van der Waals surface area contributed by atoms with Crippen molar-refractivity contribution < 1.29 is 42.9 Å². The van der Waals surface area contributed by atoms with Crippen molar-refractivity contribution in [3.8, 4) is 0 Å². The molecule has 0 aliphatic carbocycles. The number of sulfonamides is 1. The maximum absolute atomic E-state index is 12.1. The van der Waals surface area contributed by atoms with Crippen molar-refractivity contribution in [2.45, 2.75) is 62.9 Å². The van der Waals surface area contributed by atoms with Gasteiger partial charge >= 0.3 is 23.9 Å². The van der Waals surface area contributed by atoms with Gasteiger partial charge in [0.2, 0.25) is 10.0 Å². The molecule has 1 aromatic carbocycles. The van der Waals surface area contributed by atoms with Gasteiger partial charge in [0, 0.05) is 13.0 Å². The van der Waals surface area contributed by atoms with Crippen molar-refractivity contribution in [1.29, 1.82) is 0 Å². The standard InChI is InChI=1S/C18H25N3O9S.C2H6/c22-15(23)10-9-14(17(26)27)21-18(28)20-13(16(24)25)8-4-5-11-19-31(29,30)12-6-2-1-3-7-12;1-2/h1-3,6-7,13-14,19H,4-5,8-11H2,(H,22,23)(H,24,25)(H,26,27)(H2,20,21,28);1-2H3. The number of hydrogen-bond donors (Lipinski definition) is 6. The average Bonchev–Trinajstić information content (AvgIpc) is 2.77. The number of unbranched alkanes of at least 4 members (excludes halogenated alkanes) is 1. The Labute approximate surface area is 192 Å². The molecule has 0 spiro atoms. The molecule has 1 rings (SSSR count). The van der Waals surface area contributed by atoms with Crippen LogP contribution in [0.1, 0.15) is 46.0 Å². The summed E-state index contributed by atoms with van der Waals surface area (Å²) in [4.78, 5) is 45.0. The molecule has 2 atom stereocenters. The Hall–Kier alpha value is -3.19. The van der Waals surface area contributed by atoms with Crippen molar-refractivity contribution in [2.75, 3.05) is 6.54 Å². The van der Waals surface area contributed by atoms with Gasteiger partial charge < -0.3 is 26.0 Å². The first-order valence-electron chi connectivity index (χ1n) is 10.3. The maximum Gasteiger partial charge on any atom is 0.326 e. The summed E-state index contributed by atoms with van der Waals surface area (Å²) in [6.07, 6.45) is -0.315. The molecule has 1 aromatic rings. The smallest absolute Gasteiger partial charge is 0.326 e. The fourth-order valence-electron chi connectivity index (χ4n) is 2.50. The van der Waals surface area contributed by atoms with Gasteiger partial charge in [-0.3, -0.25) is 4.79 Å². The van der Waals surface area contributed by atoms with E-state index in [2.05, 4.69) is 10.0 Å². The molecule has 0 heterocycles. The summed E-state index contributed by atoms with van der Waals surface area (Å²) in [7, 11) is -3.67. The molecule has 0 aromatic heterocycles. The number of hydrogen-bond acceptors (Lipinski definition) is 6. The van der Waals surface area contributed by atoms with Crippen molar-refractivity contribution in [1.82, 2.24) is 15.4 Å². The number of carboxylic acids is 3. The third kappa shape index (κ3) is 12.4. The largest absolute Gasteiger partial charge is 0.481 e. The van der Waals surface area contributed by atoms with Crippen LogP contribution in [0.2, 0.25) is 0 Å². The molecule has 186 valence electrons.